The fourth-order valence-electron chi connectivity index (χ4n) is 2.26. The monoisotopic (exact) mass is 186 g/mol. The highest BCUT2D eigenvalue weighted by Crippen LogP contribution is 2.25. The fraction of sp³-hybridized carbons (Fsp3) is 0.333. The highest BCUT2D eigenvalue weighted by molar-refractivity contribution is 5.80. The SMILES string of the molecule is c1cc2cc([C@H]3CCCN3)ccc2[nH]1. The van der Waals surface area contributed by atoms with Crippen molar-refractivity contribution in [2.75, 3.05) is 6.54 Å². The van der Waals surface area contributed by atoms with E-state index < -0.39 is 0 Å². The van der Waals surface area contributed by atoms with Crippen molar-refractivity contribution in [3.63, 3.8) is 0 Å². The molecule has 14 heavy (non-hydrogen) atoms. The number of benzene rings is 1. The van der Waals surface area contributed by atoms with Crippen molar-refractivity contribution in [3.8, 4) is 0 Å². The van der Waals surface area contributed by atoms with Gasteiger partial charge in [-0.15, -0.1) is 0 Å². The second-order valence-corrected chi connectivity index (χ2v) is 3.97. The first-order valence-electron chi connectivity index (χ1n) is 5.24. The lowest BCUT2D eigenvalue weighted by Gasteiger charge is -2.10. The molecule has 72 valence electrons. The van der Waals surface area contributed by atoms with Gasteiger partial charge in [-0.2, -0.15) is 0 Å². The second kappa shape index (κ2) is 3.14. The van der Waals surface area contributed by atoms with E-state index in [1.165, 1.54) is 29.3 Å². The van der Waals surface area contributed by atoms with Crippen molar-refractivity contribution in [1.82, 2.24) is 10.3 Å². The van der Waals surface area contributed by atoms with Crippen LogP contribution in [0.25, 0.3) is 10.9 Å². The zero-order chi connectivity index (χ0) is 9.38. The van der Waals surface area contributed by atoms with E-state index in [1.807, 2.05) is 6.20 Å². The average molecular weight is 186 g/mol. The molecule has 1 fully saturated rings. The maximum absolute atomic E-state index is 3.52. The molecule has 0 amide bonds. The summed E-state index contributed by atoms with van der Waals surface area (Å²) in [5.74, 6) is 0. The van der Waals surface area contributed by atoms with Gasteiger partial charge in [-0.05, 0) is 48.5 Å². The Balaban J connectivity index is 2.04. The third kappa shape index (κ3) is 1.23. The summed E-state index contributed by atoms with van der Waals surface area (Å²) in [6, 6.07) is 9.39. The molecule has 2 heterocycles. The third-order valence-electron chi connectivity index (χ3n) is 3.04. The van der Waals surface area contributed by atoms with Crippen LogP contribution >= 0.6 is 0 Å². The molecule has 2 N–H and O–H groups in total. The number of aromatic nitrogens is 1. The number of hydrogen-bond acceptors (Lipinski definition) is 1. The quantitative estimate of drug-likeness (QED) is 0.704. The van der Waals surface area contributed by atoms with Crippen LogP contribution in [-0.4, -0.2) is 11.5 Å². The number of fused-ring (bicyclic) bond motifs is 1. The fourth-order valence-corrected chi connectivity index (χ4v) is 2.26. The minimum atomic E-state index is 0.578. The Labute approximate surface area is 83.3 Å². The van der Waals surface area contributed by atoms with Gasteiger partial charge in [0.25, 0.3) is 0 Å². The lowest BCUT2D eigenvalue weighted by atomic mass is 10.0. The standard InChI is InChI=1S/C12H14N2/c1-2-11(13-6-1)9-3-4-12-10(8-9)5-7-14-12/h3-5,7-8,11,13-14H,1-2,6H2/t11-/m1/s1. The van der Waals surface area contributed by atoms with E-state index in [0.29, 0.717) is 6.04 Å². The number of H-pyrrole nitrogens is 1. The van der Waals surface area contributed by atoms with Gasteiger partial charge in [-0.25, -0.2) is 0 Å². The molecular formula is C12H14N2. The van der Waals surface area contributed by atoms with Gasteiger partial charge in [-0.1, -0.05) is 6.07 Å². The van der Waals surface area contributed by atoms with Gasteiger partial charge < -0.3 is 10.3 Å². The first kappa shape index (κ1) is 8.06. The smallest absolute Gasteiger partial charge is 0.0454 e. The summed E-state index contributed by atoms with van der Waals surface area (Å²) in [6.07, 6.45) is 4.57. The van der Waals surface area contributed by atoms with Crippen LogP contribution in [0.2, 0.25) is 0 Å². The van der Waals surface area contributed by atoms with Gasteiger partial charge >= 0.3 is 0 Å². The Bertz CT molecular complexity index is 438. The summed E-state index contributed by atoms with van der Waals surface area (Å²) < 4.78 is 0. The molecule has 1 atom stereocenters. The van der Waals surface area contributed by atoms with Gasteiger partial charge in [0.15, 0.2) is 0 Å². The van der Waals surface area contributed by atoms with Gasteiger partial charge in [0, 0.05) is 17.8 Å². The van der Waals surface area contributed by atoms with E-state index in [1.54, 1.807) is 0 Å². The number of rotatable bonds is 1. The lowest BCUT2D eigenvalue weighted by Crippen LogP contribution is -2.12. The third-order valence-corrected chi connectivity index (χ3v) is 3.04. The molecule has 0 radical (unpaired) electrons. The summed E-state index contributed by atoms with van der Waals surface area (Å²) in [5.41, 5.74) is 2.65. The number of aromatic amines is 1. The molecule has 3 rings (SSSR count). The van der Waals surface area contributed by atoms with E-state index in [-0.39, 0.29) is 0 Å². The zero-order valence-electron chi connectivity index (χ0n) is 8.09. The Hall–Kier alpha value is -1.28. The van der Waals surface area contributed by atoms with Crippen molar-refractivity contribution >= 4 is 10.9 Å². The molecule has 2 nitrogen and oxygen atoms in total. The van der Waals surface area contributed by atoms with Crippen molar-refractivity contribution in [2.24, 2.45) is 0 Å². The molecule has 0 aliphatic carbocycles. The highest BCUT2D eigenvalue weighted by Gasteiger charge is 2.15. The van der Waals surface area contributed by atoms with Crippen LogP contribution in [0.3, 0.4) is 0 Å². The molecule has 2 aromatic rings. The molecule has 0 spiro atoms. The second-order valence-electron chi connectivity index (χ2n) is 3.97. The molecule has 1 saturated heterocycles. The Morgan fingerprint density at radius 1 is 1.21 bits per heavy atom. The van der Waals surface area contributed by atoms with E-state index in [4.69, 9.17) is 0 Å². The normalized spacial score (nSPS) is 21.9. The number of hydrogen-bond donors (Lipinski definition) is 2. The topological polar surface area (TPSA) is 27.8 Å². The van der Waals surface area contributed by atoms with Crippen LogP contribution in [0.15, 0.2) is 30.5 Å². The van der Waals surface area contributed by atoms with Crippen LogP contribution in [0.4, 0.5) is 0 Å². The Morgan fingerprint density at radius 3 is 3.07 bits per heavy atom. The largest absolute Gasteiger partial charge is 0.361 e. The highest BCUT2D eigenvalue weighted by atomic mass is 14.9. The average Bonchev–Trinajstić information content (AvgIpc) is 2.88. The summed E-state index contributed by atoms with van der Waals surface area (Å²) in [7, 11) is 0. The molecule has 0 bridgehead atoms. The van der Waals surface area contributed by atoms with Crippen molar-refractivity contribution in [2.45, 2.75) is 18.9 Å². The molecule has 1 aromatic carbocycles. The van der Waals surface area contributed by atoms with Crippen LogP contribution in [0.1, 0.15) is 24.4 Å². The first-order valence-corrected chi connectivity index (χ1v) is 5.24. The summed E-state index contributed by atoms with van der Waals surface area (Å²) >= 11 is 0. The van der Waals surface area contributed by atoms with Gasteiger partial charge in [0.1, 0.15) is 0 Å². The summed E-state index contributed by atoms with van der Waals surface area (Å²) in [6.45, 7) is 1.16. The van der Waals surface area contributed by atoms with Crippen LogP contribution in [0, 0.1) is 0 Å². The van der Waals surface area contributed by atoms with E-state index >= 15 is 0 Å². The minimum Gasteiger partial charge on any atom is -0.361 e. The van der Waals surface area contributed by atoms with E-state index in [9.17, 15) is 0 Å². The predicted molar refractivity (Wildman–Crippen MR) is 58.3 cm³/mol. The van der Waals surface area contributed by atoms with E-state index in [0.717, 1.165) is 6.54 Å². The maximum Gasteiger partial charge on any atom is 0.0454 e. The van der Waals surface area contributed by atoms with Crippen molar-refractivity contribution in [1.29, 1.82) is 0 Å². The molecule has 1 aromatic heterocycles. The zero-order valence-corrected chi connectivity index (χ0v) is 8.09. The molecule has 0 saturated carbocycles. The molecule has 0 unspecified atom stereocenters. The molecule has 1 aliphatic rings. The van der Waals surface area contributed by atoms with Crippen LogP contribution in [0.5, 0.6) is 0 Å². The summed E-state index contributed by atoms with van der Waals surface area (Å²) in [4.78, 5) is 3.22. The molecular weight excluding hydrogens is 172 g/mol. The lowest BCUT2D eigenvalue weighted by molar-refractivity contribution is 0.648. The van der Waals surface area contributed by atoms with Gasteiger partial charge in [0.05, 0.1) is 0 Å². The van der Waals surface area contributed by atoms with Gasteiger partial charge in [0.2, 0.25) is 0 Å². The number of nitrogens with one attached hydrogen (secondary N) is 2. The molecule has 1 aliphatic heterocycles. The van der Waals surface area contributed by atoms with Crippen LogP contribution in [-0.2, 0) is 0 Å². The van der Waals surface area contributed by atoms with Crippen molar-refractivity contribution in [3.05, 3.63) is 36.0 Å². The Morgan fingerprint density at radius 2 is 2.21 bits per heavy atom. The maximum atomic E-state index is 3.52. The van der Waals surface area contributed by atoms with Crippen molar-refractivity contribution < 1.29 is 0 Å². The van der Waals surface area contributed by atoms with Crippen LogP contribution < -0.4 is 5.32 Å². The molecule has 2 heteroatoms. The Kier molecular flexibility index (Phi) is 1.81. The van der Waals surface area contributed by atoms with Gasteiger partial charge in [-0.3, -0.25) is 0 Å². The predicted octanol–water partition coefficient (Wildman–Crippen LogP) is 2.59. The summed E-state index contributed by atoms with van der Waals surface area (Å²) in [5, 5.41) is 4.84. The first-order chi connectivity index (χ1) is 6.93. The van der Waals surface area contributed by atoms with E-state index in [2.05, 4.69) is 34.6 Å². The minimum absolute atomic E-state index is 0.578.